The second-order valence-corrected chi connectivity index (χ2v) is 5.82. The second-order valence-electron chi connectivity index (χ2n) is 5.82. The maximum absolute atomic E-state index is 9.43. The van der Waals surface area contributed by atoms with Crippen molar-refractivity contribution >= 4 is 23.0 Å². The van der Waals surface area contributed by atoms with E-state index in [4.69, 9.17) is 0 Å². The van der Waals surface area contributed by atoms with E-state index in [0.29, 0.717) is 0 Å². The van der Waals surface area contributed by atoms with Crippen LogP contribution >= 0.6 is 0 Å². The number of hydrogen-bond donors (Lipinski definition) is 6. The molecule has 0 radical (unpaired) electrons. The first-order valence-corrected chi connectivity index (χ1v) is 7.67. The van der Waals surface area contributed by atoms with E-state index in [1.54, 1.807) is 0 Å². The molecule has 6 nitrogen and oxygen atoms in total. The molecular weight excluding hydrogens is 304 g/mol. The van der Waals surface area contributed by atoms with Gasteiger partial charge < -0.3 is 0 Å². The molecule has 2 aromatic rings. The molecule has 0 bridgehead atoms. The topological polar surface area (TPSA) is 92.5 Å². The number of benzene rings is 2. The molecule has 0 aliphatic heterocycles. The maximum atomic E-state index is 9.43. The van der Waals surface area contributed by atoms with Crippen LogP contribution in [0.1, 0.15) is 22.3 Å². The SMILES string of the molecule is Cc1ccc([NH+]=C(NO)C(NO)=[NH+]c2ccc(C)c(C)c2)cc1C. The number of aryl methyl sites for hydroxylation is 4. The zero-order valence-electron chi connectivity index (χ0n) is 14.4. The number of hydrogen-bond acceptors (Lipinski definition) is 2. The van der Waals surface area contributed by atoms with E-state index in [-0.39, 0.29) is 11.7 Å². The molecule has 0 atom stereocenters. The molecule has 2 rings (SSSR count). The van der Waals surface area contributed by atoms with Gasteiger partial charge in [0.25, 0.3) is 0 Å². The lowest BCUT2D eigenvalue weighted by Gasteiger charge is -2.02. The van der Waals surface area contributed by atoms with Gasteiger partial charge in [0.15, 0.2) is 0 Å². The van der Waals surface area contributed by atoms with Gasteiger partial charge >= 0.3 is 11.7 Å². The molecule has 0 aliphatic rings. The number of rotatable bonds is 2. The highest BCUT2D eigenvalue weighted by Crippen LogP contribution is 2.10. The molecule has 0 fully saturated rings. The summed E-state index contributed by atoms with van der Waals surface area (Å²) in [6, 6.07) is 11.7. The predicted molar refractivity (Wildman–Crippen MR) is 92.9 cm³/mol. The van der Waals surface area contributed by atoms with Gasteiger partial charge in [-0.25, -0.2) is 20.4 Å². The average Bonchev–Trinajstić information content (AvgIpc) is 2.57. The monoisotopic (exact) mass is 328 g/mol. The molecule has 0 unspecified atom stereocenters. The Balaban J connectivity index is 2.41. The van der Waals surface area contributed by atoms with Crippen LogP contribution in [0.15, 0.2) is 36.4 Å². The average molecular weight is 328 g/mol. The Bertz CT molecular complexity index is 730. The van der Waals surface area contributed by atoms with Crippen molar-refractivity contribution in [3.8, 4) is 0 Å². The summed E-state index contributed by atoms with van der Waals surface area (Å²) in [6.07, 6.45) is 0. The number of nitrogens with one attached hydrogen (secondary N) is 4. The Hall–Kier alpha value is -2.70. The van der Waals surface area contributed by atoms with Gasteiger partial charge in [0.2, 0.25) is 0 Å². The van der Waals surface area contributed by atoms with E-state index in [9.17, 15) is 10.4 Å². The normalized spacial score (nSPS) is 12.2. The molecule has 0 spiro atoms. The van der Waals surface area contributed by atoms with Crippen molar-refractivity contribution in [3.05, 3.63) is 58.7 Å². The summed E-state index contributed by atoms with van der Waals surface area (Å²) in [4.78, 5) is 6.06. The summed E-state index contributed by atoms with van der Waals surface area (Å²) in [6.45, 7) is 8.08. The summed E-state index contributed by atoms with van der Waals surface area (Å²) in [5.41, 5.74) is 10.3. The van der Waals surface area contributed by atoms with E-state index >= 15 is 0 Å². The van der Waals surface area contributed by atoms with Crippen LogP contribution in [0.4, 0.5) is 11.4 Å². The van der Waals surface area contributed by atoms with Crippen LogP contribution in [-0.4, -0.2) is 22.1 Å². The minimum absolute atomic E-state index is 0.194. The van der Waals surface area contributed by atoms with Crippen LogP contribution in [-0.2, 0) is 0 Å². The summed E-state index contributed by atoms with van der Waals surface area (Å²) in [5, 5.41) is 18.9. The zero-order chi connectivity index (χ0) is 17.7. The molecule has 24 heavy (non-hydrogen) atoms. The molecule has 126 valence electrons. The Morgan fingerprint density at radius 2 is 1.04 bits per heavy atom. The van der Waals surface area contributed by atoms with E-state index in [1.807, 2.05) is 64.1 Å². The second kappa shape index (κ2) is 7.72. The molecule has 0 heterocycles. The van der Waals surface area contributed by atoms with E-state index in [1.165, 1.54) is 11.1 Å². The molecule has 0 aromatic heterocycles. The van der Waals surface area contributed by atoms with E-state index in [2.05, 4.69) is 20.9 Å². The van der Waals surface area contributed by atoms with Crippen LogP contribution in [0.25, 0.3) is 0 Å². The van der Waals surface area contributed by atoms with Crippen LogP contribution in [0.3, 0.4) is 0 Å². The summed E-state index contributed by atoms with van der Waals surface area (Å²) >= 11 is 0. The minimum atomic E-state index is 0.194. The highest BCUT2D eigenvalue weighted by Gasteiger charge is 2.22. The van der Waals surface area contributed by atoms with E-state index in [0.717, 1.165) is 22.5 Å². The highest BCUT2D eigenvalue weighted by atomic mass is 16.5. The molecule has 0 saturated heterocycles. The fourth-order valence-corrected chi connectivity index (χ4v) is 2.22. The third-order valence-electron chi connectivity index (χ3n) is 4.03. The van der Waals surface area contributed by atoms with Crippen molar-refractivity contribution in [1.29, 1.82) is 0 Å². The van der Waals surface area contributed by atoms with Gasteiger partial charge in [-0.05, 0) is 74.2 Å². The molecule has 0 saturated carbocycles. The lowest BCUT2D eigenvalue weighted by Crippen LogP contribution is -2.82. The van der Waals surface area contributed by atoms with Crippen molar-refractivity contribution in [3.63, 3.8) is 0 Å². The number of hydroxylamine groups is 2. The van der Waals surface area contributed by atoms with Crippen LogP contribution in [0.2, 0.25) is 0 Å². The Kier molecular flexibility index (Phi) is 5.68. The van der Waals surface area contributed by atoms with E-state index < -0.39 is 0 Å². The first-order valence-electron chi connectivity index (χ1n) is 7.67. The summed E-state index contributed by atoms with van der Waals surface area (Å²) < 4.78 is 0. The summed E-state index contributed by atoms with van der Waals surface area (Å²) in [7, 11) is 0. The van der Waals surface area contributed by atoms with Gasteiger partial charge in [0.05, 0.1) is 0 Å². The van der Waals surface area contributed by atoms with Gasteiger partial charge in [-0.1, -0.05) is 12.1 Å². The van der Waals surface area contributed by atoms with Crippen LogP contribution in [0, 0.1) is 27.7 Å². The lowest BCUT2D eigenvalue weighted by molar-refractivity contribution is -0.378. The first-order chi connectivity index (χ1) is 11.4. The van der Waals surface area contributed by atoms with Gasteiger partial charge in [-0.3, -0.25) is 0 Å². The standard InChI is InChI=1S/C18H22N4O2/c1-11-5-7-15(9-13(11)3)19-17(21-23)18(22-24)20-16-8-6-12(2)14(4)10-16/h5-10,23-24H,1-4H3,(H,19,21)(H,20,22)/p+2. The fourth-order valence-electron chi connectivity index (χ4n) is 2.22. The van der Waals surface area contributed by atoms with Gasteiger partial charge in [-0.15, -0.1) is 11.0 Å². The molecule has 0 aliphatic carbocycles. The molecular formula is C18H24N4O2+2. The molecule has 6 N–H and O–H groups in total. The first kappa shape index (κ1) is 17.7. The van der Waals surface area contributed by atoms with Gasteiger partial charge in [0.1, 0.15) is 11.4 Å². The Labute approximate surface area is 141 Å². The minimum Gasteiger partial charge on any atom is -0.232 e. The quantitative estimate of drug-likeness (QED) is 0.262. The third-order valence-corrected chi connectivity index (χ3v) is 4.03. The maximum Gasteiger partial charge on any atom is 0.396 e. The fraction of sp³-hybridized carbons (Fsp3) is 0.222. The van der Waals surface area contributed by atoms with Crippen LogP contribution < -0.4 is 20.9 Å². The van der Waals surface area contributed by atoms with Gasteiger partial charge in [-0.2, -0.15) is 0 Å². The Morgan fingerprint density at radius 3 is 1.33 bits per heavy atom. The highest BCUT2D eigenvalue weighted by molar-refractivity contribution is 6.35. The largest absolute Gasteiger partial charge is 0.396 e. The molecule has 2 aromatic carbocycles. The zero-order valence-corrected chi connectivity index (χ0v) is 14.4. The Morgan fingerprint density at radius 1 is 0.667 bits per heavy atom. The smallest absolute Gasteiger partial charge is 0.232 e. The van der Waals surface area contributed by atoms with Crippen molar-refractivity contribution in [2.45, 2.75) is 27.7 Å². The van der Waals surface area contributed by atoms with Crippen molar-refractivity contribution in [2.75, 3.05) is 0 Å². The predicted octanol–water partition coefficient (Wildman–Crippen LogP) is -0.201. The van der Waals surface area contributed by atoms with Crippen molar-refractivity contribution < 1.29 is 20.4 Å². The number of amidine groups is 2. The van der Waals surface area contributed by atoms with Crippen molar-refractivity contribution in [2.24, 2.45) is 0 Å². The molecule has 0 amide bonds. The lowest BCUT2D eigenvalue weighted by atomic mass is 10.1. The van der Waals surface area contributed by atoms with Gasteiger partial charge in [0, 0.05) is 0 Å². The third kappa shape index (κ3) is 4.18. The van der Waals surface area contributed by atoms with Crippen molar-refractivity contribution in [1.82, 2.24) is 11.0 Å². The summed E-state index contributed by atoms with van der Waals surface area (Å²) in [5.74, 6) is 0.387. The molecule has 6 heteroatoms. The van der Waals surface area contributed by atoms with Crippen LogP contribution in [0.5, 0.6) is 0 Å².